The predicted octanol–water partition coefficient (Wildman–Crippen LogP) is 4.77. The van der Waals surface area contributed by atoms with E-state index >= 15 is 0 Å². The second-order valence-electron chi connectivity index (χ2n) is 7.18. The number of hydrogen-bond acceptors (Lipinski definition) is 3. The number of nitrogens with zero attached hydrogens (tertiary/aromatic N) is 2. The highest BCUT2D eigenvalue weighted by Crippen LogP contribution is 2.39. The first kappa shape index (κ1) is 20.7. The highest BCUT2D eigenvalue weighted by molar-refractivity contribution is 8.00. The van der Waals surface area contributed by atoms with E-state index in [2.05, 4.69) is 19.1 Å². The quantitative estimate of drug-likeness (QED) is 0.680. The van der Waals surface area contributed by atoms with Gasteiger partial charge in [0.15, 0.2) is 0 Å². The number of benzene rings is 2. The van der Waals surface area contributed by atoms with Crippen molar-refractivity contribution in [3.63, 3.8) is 0 Å². The summed E-state index contributed by atoms with van der Waals surface area (Å²) >= 11 is 7.87. The third-order valence-electron chi connectivity index (χ3n) is 4.99. The Kier molecular flexibility index (Phi) is 6.68. The molecule has 1 atom stereocenters. The Morgan fingerprint density at radius 3 is 2.57 bits per heavy atom. The molecule has 0 radical (unpaired) electrons. The number of thioether (sulfide) groups is 1. The summed E-state index contributed by atoms with van der Waals surface area (Å²) in [7, 11) is 0. The van der Waals surface area contributed by atoms with Crippen molar-refractivity contribution in [2.24, 2.45) is 0 Å². The molecule has 1 aliphatic rings. The molecule has 2 amide bonds. The monoisotopic (exact) mass is 416 g/mol. The molecule has 2 aromatic rings. The van der Waals surface area contributed by atoms with Gasteiger partial charge in [0.1, 0.15) is 5.37 Å². The van der Waals surface area contributed by atoms with Gasteiger partial charge in [-0.2, -0.15) is 0 Å². The molecular formula is C22H25ClN2O2S. The zero-order chi connectivity index (χ0) is 20.3. The molecule has 0 unspecified atom stereocenters. The van der Waals surface area contributed by atoms with Crippen molar-refractivity contribution in [3.8, 4) is 0 Å². The van der Waals surface area contributed by atoms with Gasteiger partial charge in [0.2, 0.25) is 5.91 Å². The lowest BCUT2D eigenvalue weighted by Gasteiger charge is -2.31. The highest BCUT2D eigenvalue weighted by Gasteiger charge is 2.34. The third kappa shape index (κ3) is 4.36. The molecule has 1 fully saturated rings. The highest BCUT2D eigenvalue weighted by atomic mass is 35.5. The van der Waals surface area contributed by atoms with Gasteiger partial charge < -0.3 is 9.80 Å². The van der Waals surface area contributed by atoms with E-state index in [4.69, 9.17) is 11.6 Å². The lowest BCUT2D eigenvalue weighted by Crippen LogP contribution is -2.43. The summed E-state index contributed by atoms with van der Waals surface area (Å²) in [5.41, 5.74) is 2.83. The predicted molar refractivity (Wildman–Crippen MR) is 116 cm³/mol. The first-order valence-electron chi connectivity index (χ1n) is 9.42. The van der Waals surface area contributed by atoms with E-state index in [-0.39, 0.29) is 23.2 Å². The molecule has 6 heteroatoms. The average Bonchev–Trinajstić information content (AvgIpc) is 3.03. The van der Waals surface area contributed by atoms with Gasteiger partial charge in [0.05, 0.1) is 16.3 Å². The molecule has 0 bridgehead atoms. The van der Waals surface area contributed by atoms with Gasteiger partial charge in [0.25, 0.3) is 5.91 Å². The number of halogens is 1. The molecular weight excluding hydrogens is 392 g/mol. The largest absolute Gasteiger partial charge is 0.334 e. The van der Waals surface area contributed by atoms with E-state index in [1.807, 2.05) is 43.0 Å². The van der Waals surface area contributed by atoms with Crippen molar-refractivity contribution in [3.05, 3.63) is 70.2 Å². The lowest BCUT2D eigenvalue weighted by molar-refractivity contribution is -0.128. The summed E-state index contributed by atoms with van der Waals surface area (Å²) < 4.78 is 0. The number of rotatable bonds is 6. The van der Waals surface area contributed by atoms with Gasteiger partial charge in [0, 0.05) is 19.1 Å². The van der Waals surface area contributed by atoms with Gasteiger partial charge in [-0.3, -0.25) is 9.59 Å². The van der Waals surface area contributed by atoms with E-state index in [1.54, 1.807) is 28.8 Å². The number of carbonyl (C=O) groups excluding carboxylic acids is 2. The average molecular weight is 417 g/mol. The Labute approximate surface area is 175 Å². The maximum Gasteiger partial charge on any atom is 0.255 e. The van der Waals surface area contributed by atoms with Crippen LogP contribution >= 0.6 is 23.4 Å². The smallest absolute Gasteiger partial charge is 0.255 e. The summed E-state index contributed by atoms with van der Waals surface area (Å²) in [5.74, 6) is 0.485. The SMILES string of the molecule is Cc1ccccc1[C@@H]1SCC(=O)N1CCN(C(=O)c1ccccc1Cl)C(C)C. The zero-order valence-corrected chi connectivity index (χ0v) is 18.0. The fourth-order valence-electron chi connectivity index (χ4n) is 3.42. The van der Waals surface area contributed by atoms with Crippen LogP contribution in [0.25, 0.3) is 0 Å². The minimum Gasteiger partial charge on any atom is -0.334 e. The van der Waals surface area contributed by atoms with Crippen LogP contribution in [0.3, 0.4) is 0 Å². The number of aryl methyl sites for hydroxylation is 1. The summed E-state index contributed by atoms with van der Waals surface area (Å²) in [6.07, 6.45) is 0. The molecule has 0 spiro atoms. The topological polar surface area (TPSA) is 40.6 Å². The molecule has 0 N–H and O–H groups in total. The van der Waals surface area contributed by atoms with E-state index in [0.29, 0.717) is 29.4 Å². The number of amides is 2. The normalized spacial score (nSPS) is 16.7. The van der Waals surface area contributed by atoms with Crippen molar-refractivity contribution < 1.29 is 9.59 Å². The second-order valence-corrected chi connectivity index (χ2v) is 8.65. The molecule has 1 heterocycles. The fourth-order valence-corrected chi connectivity index (χ4v) is 4.95. The minimum absolute atomic E-state index is 0.00173. The van der Waals surface area contributed by atoms with Crippen LogP contribution in [0.4, 0.5) is 0 Å². The summed E-state index contributed by atoms with van der Waals surface area (Å²) in [6.45, 7) is 7.00. The van der Waals surface area contributed by atoms with Crippen LogP contribution < -0.4 is 0 Å². The molecule has 1 aliphatic heterocycles. The molecule has 0 aliphatic carbocycles. The van der Waals surface area contributed by atoms with Crippen molar-refractivity contribution in [1.82, 2.24) is 9.80 Å². The van der Waals surface area contributed by atoms with E-state index in [9.17, 15) is 9.59 Å². The summed E-state index contributed by atoms with van der Waals surface area (Å²) in [4.78, 5) is 29.2. The van der Waals surface area contributed by atoms with Crippen LogP contribution in [0.5, 0.6) is 0 Å². The van der Waals surface area contributed by atoms with Crippen LogP contribution in [-0.2, 0) is 4.79 Å². The van der Waals surface area contributed by atoms with Crippen LogP contribution in [0, 0.1) is 6.92 Å². The van der Waals surface area contributed by atoms with Gasteiger partial charge in [-0.15, -0.1) is 11.8 Å². The second kappa shape index (κ2) is 9.01. The first-order valence-corrected chi connectivity index (χ1v) is 10.8. The standard InChI is InChI=1S/C22H25ClN2O2S/c1-15(2)24(21(27)18-10-6-7-11-19(18)23)12-13-25-20(26)14-28-22(25)17-9-5-4-8-16(17)3/h4-11,15,22H,12-14H2,1-3H3/t22-/m0/s1. The van der Waals surface area contributed by atoms with Crippen LogP contribution in [-0.4, -0.2) is 46.5 Å². The van der Waals surface area contributed by atoms with Crippen molar-refractivity contribution in [2.45, 2.75) is 32.2 Å². The Hall–Kier alpha value is -1.98. The number of hydrogen-bond donors (Lipinski definition) is 0. The summed E-state index contributed by atoms with van der Waals surface area (Å²) in [5, 5.41) is 0.446. The summed E-state index contributed by atoms with van der Waals surface area (Å²) in [6, 6.07) is 15.3. The third-order valence-corrected chi connectivity index (χ3v) is 6.56. The van der Waals surface area contributed by atoms with Crippen LogP contribution in [0.1, 0.15) is 40.7 Å². The Balaban J connectivity index is 1.77. The van der Waals surface area contributed by atoms with Crippen LogP contribution in [0.15, 0.2) is 48.5 Å². The zero-order valence-electron chi connectivity index (χ0n) is 16.4. The van der Waals surface area contributed by atoms with E-state index in [1.165, 1.54) is 5.56 Å². The maximum absolute atomic E-state index is 13.0. The molecule has 28 heavy (non-hydrogen) atoms. The minimum atomic E-state index is -0.104. The fraction of sp³-hybridized carbons (Fsp3) is 0.364. The maximum atomic E-state index is 13.0. The molecule has 148 valence electrons. The van der Waals surface area contributed by atoms with Crippen LogP contribution in [0.2, 0.25) is 5.02 Å². The molecule has 3 rings (SSSR count). The molecule has 4 nitrogen and oxygen atoms in total. The van der Waals surface area contributed by atoms with Crippen molar-refractivity contribution >= 4 is 35.2 Å². The van der Waals surface area contributed by atoms with Gasteiger partial charge in [-0.05, 0) is 44.0 Å². The lowest BCUT2D eigenvalue weighted by atomic mass is 10.1. The molecule has 1 saturated heterocycles. The molecule has 2 aromatic carbocycles. The van der Waals surface area contributed by atoms with Crippen molar-refractivity contribution in [2.75, 3.05) is 18.8 Å². The Morgan fingerprint density at radius 2 is 1.89 bits per heavy atom. The van der Waals surface area contributed by atoms with Gasteiger partial charge in [-0.25, -0.2) is 0 Å². The number of carbonyl (C=O) groups is 2. The van der Waals surface area contributed by atoms with E-state index in [0.717, 1.165) is 5.56 Å². The molecule has 0 aromatic heterocycles. The Morgan fingerprint density at radius 1 is 1.21 bits per heavy atom. The van der Waals surface area contributed by atoms with Crippen molar-refractivity contribution in [1.29, 1.82) is 0 Å². The van der Waals surface area contributed by atoms with Gasteiger partial charge in [-0.1, -0.05) is 48.0 Å². The van der Waals surface area contributed by atoms with Gasteiger partial charge >= 0.3 is 0 Å². The Bertz CT molecular complexity index is 869. The molecule has 0 saturated carbocycles. The first-order chi connectivity index (χ1) is 13.4. The van der Waals surface area contributed by atoms with E-state index < -0.39 is 0 Å².